The molecule has 1 saturated heterocycles. The van der Waals surface area contributed by atoms with Crippen LogP contribution in [-0.2, 0) is 11.2 Å². The molecule has 7 nitrogen and oxygen atoms in total. The summed E-state index contributed by atoms with van der Waals surface area (Å²) in [6.07, 6.45) is 6.96. The monoisotopic (exact) mass is 440 g/mol. The largest absolute Gasteiger partial charge is 0.490 e. The van der Waals surface area contributed by atoms with Gasteiger partial charge in [0.2, 0.25) is 5.91 Å². The van der Waals surface area contributed by atoms with E-state index in [1.807, 2.05) is 6.07 Å². The van der Waals surface area contributed by atoms with E-state index < -0.39 is 6.03 Å². The molecule has 0 unspecified atom stereocenters. The predicted octanol–water partition coefficient (Wildman–Crippen LogP) is 3.74. The van der Waals surface area contributed by atoms with Crippen LogP contribution in [-0.4, -0.2) is 36.6 Å². The molecule has 1 atom stereocenters. The Morgan fingerprint density at radius 2 is 2.09 bits per heavy atom. The van der Waals surface area contributed by atoms with E-state index in [0.29, 0.717) is 24.1 Å². The van der Waals surface area contributed by atoms with Crippen molar-refractivity contribution in [1.29, 1.82) is 0 Å². The molecule has 1 saturated carbocycles. The van der Waals surface area contributed by atoms with E-state index in [0.717, 1.165) is 36.9 Å². The van der Waals surface area contributed by atoms with Crippen molar-refractivity contribution in [3.05, 3.63) is 53.5 Å². The van der Waals surface area contributed by atoms with Crippen LogP contribution >= 0.6 is 0 Å². The van der Waals surface area contributed by atoms with E-state index in [2.05, 4.69) is 22.5 Å². The van der Waals surface area contributed by atoms with Gasteiger partial charge in [-0.1, -0.05) is 12.1 Å². The number of amides is 3. The smallest absolute Gasteiger partial charge is 0.330 e. The summed E-state index contributed by atoms with van der Waals surface area (Å²) in [5.74, 6) is 0.787. The van der Waals surface area contributed by atoms with Gasteiger partial charge in [0.15, 0.2) is 11.6 Å². The number of hydrogen-bond donors (Lipinski definition) is 2. The number of nitrogens with zero attached hydrogens (tertiary/aromatic N) is 2. The fraction of sp³-hybridized carbons (Fsp3) is 0.458. The van der Waals surface area contributed by atoms with Crippen LogP contribution in [0.2, 0.25) is 0 Å². The van der Waals surface area contributed by atoms with Gasteiger partial charge in [0.1, 0.15) is 12.4 Å². The van der Waals surface area contributed by atoms with Gasteiger partial charge in [0.25, 0.3) is 0 Å². The highest BCUT2D eigenvalue weighted by atomic mass is 19.1. The quantitative estimate of drug-likeness (QED) is 0.411. The molecule has 1 aromatic carbocycles. The molecular formula is C24H29FN4O3. The first-order valence-electron chi connectivity index (χ1n) is 11.2. The molecule has 2 N–H and O–H groups in total. The van der Waals surface area contributed by atoms with Crippen LogP contribution in [0.15, 0.2) is 36.5 Å². The average molecular weight is 441 g/mol. The maximum atomic E-state index is 14.0. The predicted molar refractivity (Wildman–Crippen MR) is 119 cm³/mol. The number of anilines is 1. The van der Waals surface area contributed by atoms with Gasteiger partial charge in [-0.05, 0) is 80.8 Å². The number of ether oxygens (including phenoxy) is 1. The van der Waals surface area contributed by atoms with Crippen molar-refractivity contribution < 1.29 is 18.7 Å². The molecule has 3 amide bonds. The molecule has 32 heavy (non-hydrogen) atoms. The van der Waals surface area contributed by atoms with E-state index in [1.165, 1.54) is 23.8 Å². The van der Waals surface area contributed by atoms with Gasteiger partial charge >= 0.3 is 6.03 Å². The van der Waals surface area contributed by atoms with Gasteiger partial charge in [0.05, 0.1) is 6.61 Å². The van der Waals surface area contributed by atoms with Crippen molar-refractivity contribution in [2.75, 3.05) is 24.6 Å². The first-order chi connectivity index (χ1) is 15.5. The number of carbonyl (C=O) groups excluding carboxylic acids is 2. The molecule has 8 heteroatoms. The second-order valence-electron chi connectivity index (χ2n) is 8.54. The number of pyridine rings is 1. The number of urea groups is 1. The summed E-state index contributed by atoms with van der Waals surface area (Å²) in [7, 11) is 0. The lowest BCUT2D eigenvalue weighted by atomic mass is 10.1. The summed E-state index contributed by atoms with van der Waals surface area (Å²) in [4.78, 5) is 28.6. The summed E-state index contributed by atoms with van der Waals surface area (Å²) < 4.78 is 19.6. The second-order valence-corrected chi connectivity index (χ2v) is 8.54. The fourth-order valence-electron chi connectivity index (χ4n) is 3.63. The number of nitrogens with one attached hydrogen (secondary N) is 2. The minimum absolute atomic E-state index is 0.0111. The van der Waals surface area contributed by atoms with Crippen LogP contribution in [0.5, 0.6) is 5.75 Å². The fourth-order valence-corrected chi connectivity index (χ4v) is 3.63. The standard InChI is InChI=1S/C24H29FN4O3/c1-16(19-8-9-20(25)21(12-19)32-15-18-5-6-18)26-11-3-2-4-17-7-10-22(27-13-17)29-14-23(30)28-24(29)31/h7-10,12-13,16,18,26H,2-6,11,14-15H2,1H3,(H,28,30,31)/t16-/m1/s1. The van der Waals surface area contributed by atoms with E-state index >= 15 is 0 Å². The van der Waals surface area contributed by atoms with Crippen LogP contribution < -0.4 is 20.3 Å². The number of halogens is 1. The molecule has 2 aromatic rings. The zero-order chi connectivity index (χ0) is 22.5. The molecule has 0 spiro atoms. The Morgan fingerprint density at radius 1 is 1.25 bits per heavy atom. The van der Waals surface area contributed by atoms with Crippen molar-refractivity contribution in [2.45, 2.75) is 45.1 Å². The zero-order valence-corrected chi connectivity index (χ0v) is 18.3. The maximum Gasteiger partial charge on any atom is 0.330 e. The van der Waals surface area contributed by atoms with E-state index in [1.54, 1.807) is 24.4 Å². The molecule has 4 rings (SSSR count). The normalized spacial score (nSPS) is 16.9. The van der Waals surface area contributed by atoms with Crippen molar-refractivity contribution in [3.63, 3.8) is 0 Å². The molecule has 2 aliphatic rings. The second kappa shape index (κ2) is 10.1. The van der Waals surface area contributed by atoms with Crippen LogP contribution in [0.3, 0.4) is 0 Å². The Morgan fingerprint density at radius 3 is 2.78 bits per heavy atom. The van der Waals surface area contributed by atoms with Crippen LogP contribution in [0.4, 0.5) is 15.0 Å². The maximum absolute atomic E-state index is 14.0. The minimum Gasteiger partial charge on any atom is -0.490 e. The molecule has 2 heterocycles. The number of benzene rings is 1. The van der Waals surface area contributed by atoms with E-state index in [9.17, 15) is 14.0 Å². The van der Waals surface area contributed by atoms with Crippen molar-refractivity contribution in [1.82, 2.24) is 15.6 Å². The first kappa shape index (κ1) is 22.2. The molecular weight excluding hydrogens is 411 g/mol. The third kappa shape index (κ3) is 5.82. The number of carbonyl (C=O) groups is 2. The third-order valence-corrected chi connectivity index (χ3v) is 5.85. The SMILES string of the molecule is C[C@@H](NCCCCc1ccc(N2CC(=O)NC2=O)nc1)c1ccc(F)c(OCC2CC2)c1. The first-order valence-corrected chi connectivity index (χ1v) is 11.2. The van der Waals surface area contributed by atoms with Gasteiger partial charge in [0, 0.05) is 12.2 Å². The molecule has 1 aromatic heterocycles. The van der Waals surface area contributed by atoms with Crippen molar-refractivity contribution in [2.24, 2.45) is 5.92 Å². The lowest BCUT2D eigenvalue weighted by molar-refractivity contribution is -0.117. The van der Waals surface area contributed by atoms with Gasteiger partial charge in [-0.15, -0.1) is 0 Å². The zero-order valence-electron chi connectivity index (χ0n) is 18.3. The van der Waals surface area contributed by atoms with Gasteiger partial charge < -0.3 is 10.1 Å². The highest BCUT2D eigenvalue weighted by Gasteiger charge is 2.28. The lowest BCUT2D eigenvalue weighted by Gasteiger charge is -2.16. The minimum atomic E-state index is -0.432. The Labute approximate surface area is 187 Å². The van der Waals surface area contributed by atoms with Gasteiger partial charge in [-0.25, -0.2) is 14.2 Å². The summed E-state index contributed by atoms with van der Waals surface area (Å²) in [5.41, 5.74) is 2.10. The molecule has 1 aliphatic carbocycles. The molecule has 0 radical (unpaired) electrons. The third-order valence-electron chi connectivity index (χ3n) is 5.85. The van der Waals surface area contributed by atoms with E-state index in [-0.39, 0.29) is 24.3 Å². The number of imide groups is 1. The number of aryl methyl sites for hydroxylation is 1. The summed E-state index contributed by atoms with van der Waals surface area (Å²) in [6.45, 7) is 3.52. The molecule has 2 fully saturated rings. The Balaban J connectivity index is 1.18. The number of unbranched alkanes of at least 4 members (excludes halogenated alkanes) is 1. The number of hydrogen-bond acceptors (Lipinski definition) is 5. The highest BCUT2D eigenvalue weighted by molar-refractivity contribution is 6.11. The highest BCUT2D eigenvalue weighted by Crippen LogP contribution is 2.31. The molecule has 1 aliphatic heterocycles. The number of aromatic nitrogens is 1. The Hall–Kier alpha value is -3.00. The molecule has 0 bridgehead atoms. The van der Waals surface area contributed by atoms with Gasteiger partial charge in [-0.2, -0.15) is 0 Å². The summed E-state index contributed by atoms with van der Waals surface area (Å²) in [5, 5.41) is 5.73. The van der Waals surface area contributed by atoms with Crippen molar-refractivity contribution in [3.8, 4) is 5.75 Å². The van der Waals surface area contributed by atoms with Crippen LogP contribution in [0.25, 0.3) is 0 Å². The van der Waals surface area contributed by atoms with Crippen LogP contribution in [0, 0.1) is 11.7 Å². The van der Waals surface area contributed by atoms with E-state index in [4.69, 9.17) is 4.74 Å². The summed E-state index contributed by atoms with van der Waals surface area (Å²) >= 11 is 0. The number of rotatable bonds is 11. The van der Waals surface area contributed by atoms with Crippen molar-refractivity contribution >= 4 is 17.8 Å². The average Bonchev–Trinajstić information content (AvgIpc) is 3.55. The Bertz CT molecular complexity index is 962. The molecule has 170 valence electrons. The topological polar surface area (TPSA) is 83.6 Å². The summed E-state index contributed by atoms with van der Waals surface area (Å²) in [6, 6.07) is 8.47. The lowest BCUT2D eigenvalue weighted by Crippen LogP contribution is -2.28. The van der Waals surface area contributed by atoms with Crippen LogP contribution in [0.1, 0.15) is 49.8 Å². The van der Waals surface area contributed by atoms with Gasteiger partial charge in [-0.3, -0.25) is 15.0 Å². The Kier molecular flexibility index (Phi) is 6.99.